The predicted octanol–water partition coefficient (Wildman–Crippen LogP) is 0.743. The molecule has 14 heavy (non-hydrogen) atoms. The molecule has 0 saturated carbocycles. The Kier molecular flexibility index (Phi) is 4.03. The first-order chi connectivity index (χ1) is 6.61. The fraction of sp³-hybridized carbons (Fsp3) is 0.556. The zero-order valence-electron chi connectivity index (χ0n) is 8.36. The van der Waals surface area contributed by atoms with Gasteiger partial charge in [-0.2, -0.15) is 0 Å². The van der Waals surface area contributed by atoms with E-state index < -0.39 is 6.04 Å². The van der Waals surface area contributed by atoms with Gasteiger partial charge in [0.1, 0.15) is 5.01 Å². The minimum absolute atomic E-state index is 0.116. The van der Waals surface area contributed by atoms with Crippen molar-refractivity contribution in [3.05, 3.63) is 16.6 Å². The van der Waals surface area contributed by atoms with Crippen molar-refractivity contribution in [2.75, 3.05) is 0 Å². The quantitative estimate of drug-likeness (QED) is 0.775. The lowest BCUT2D eigenvalue weighted by Crippen LogP contribution is -2.43. The van der Waals surface area contributed by atoms with Gasteiger partial charge in [0, 0.05) is 11.6 Å². The summed E-state index contributed by atoms with van der Waals surface area (Å²) in [5.41, 5.74) is 5.67. The van der Waals surface area contributed by atoms with Crippen LogP contribution in [0.15, 0.2) is 11.6 Å². The van der Waals surface area contributed by atoms with Crippen molar-refractivity contribution in [1.29, 1.82) is 0 Å². The number of rotatable bonds is 4. The third-order valence-electron chi connectivity index (χ3n) is 1.92. The molecule has 0 aromatic carbocycles. The number of nitrogens with one attached hydrogen (secondary N) is 1. The Bertz CT molecular complexity index is 284. The number of hydrogen-bond acceptors (Lipinski definition) is 4. The Balaban J connectivity index is 2.35. The number of aromatic nitrogens is 1. The van der Waals surface area contributed by atoms with Gasteiger partial charge in [0.05, 0.1) is 12.6 Å². The Hall–Kier alpha value is -0.940. The number of carbonyl (C=O) groups is 1. The molecule has 0 aliphatic rings. The standard InChI is InChI=1S/C9H15N3OS/c1-6(2)8(10)9(13)12-5-7-11-3-4-14-7/h3-4,6,8H,5,10H2,1-2H3,(H,12,13)/t8-/m1/s1. The number of nitrogens with zero attached hydrogens (tertiary/aromatic N) is 1. The van der Waals surface area contributed by atoms with Gasteiger partial charge in [-0.3, -0.25) is 4.79 Å². The maximum atomic E-state index is 11.4. The van der Waals surface area contributed by atoms with Crippen LogP contribution in [0.25, 0.3) is 0 Å². The smallest absolute Gasteiger partial charge is 0.237 e. The fourth-order valence-electron chi connectivity index (χ4n) is 0.924. The average Bonchev–Trinajstić information content (AvgIpc) is 2.65. The third-order valence-corrected chi connectivity index (χ3v) is 2.70. The highest BCUT2D eigenvalue weighted by Crippen LogP contribution is 2.03. The summed E-state index contributed by atoms with van der Waals surface area (Å²) in [7, 11) is 0. The first-order valence-electron chi connectivity index (χ1n) is 4.53. The van der Waals surface area contributed by atoms with E-state index in [2.05, 4.69) is 10.3 Å². The highest BCUT2D eigenvalue weighted by molar-refractivity contribution is 7.09. The van der Waals surface area contributed by atoms with E-state index in [-0.39, 0.29) is 11.8 Å². The topological polar surface area (TPSA) is 68.0 Å². The van der Waals surface area contributed by atoms with Crippen LogP contribution in [-0.4, -0.2) is 16.9 Å². The Morgan fingerprint density at radius 2 is 2.43 bits per heavy atom. The summed E-state index contributed by atoms with van der Waals surface area (Å²) >= 11 is 1.52. The zero-order valence-corrected chi connectivity index (χ0v) is 9.17. The molecule has 3 N–H and O–H groups in total. The molecule has 0 saturated heterocycles. The molecule has 4 nitrogen and oxygen atoms in total. The van der Waals surface area contributed by atoms with E-state index in [0.717, 1.165) is 5.01 Å². The summed E-state index contributed by atoms with van der Waals surface area (Å²) < 4.78 is 0. The van der Waals surface area contributed by atoms with Gasteiger partial charge < -0.3 is 11.1 Å². The molecule has 1 atom stereocenters. The highest BCUT2D eigenvalue weighted by atomic mass is 32.1. The number of carbonyl (C=O) groups excluding carboxylic acids is 1. The molecule has 1 amide bonds. The normalized spacial score (nSPS) is 12.9. The van der Waals surface area contributed by atoms with Crippen molar-refractivity contribution in [3.8, 4) is 0 Å². The van der Waals surface area contributed by atoms with Crippen molar-refractivity contribution >= 4 is 17.2 Å². The van der Waals surface area contributed by atoms with Crippen LogP contribution in [0.1, 0.15) is 18.9 Å². The maximum Gasteiger partial charge on any atom is 0.237 e. The van der Waals surface area contributed by atoms with Gasteiger partial charge in [-0.1, -0.05) is 13.8 Å². The van der Waals surface area contributed by atoms with Crippen LogP contribution >= 0.6 is 11.3 Å². The van der Waals surface area contributed by atoms with Gasteiger partial charge in [-0.05, 0) is 5.92 Å². The summed E-state index contributed by atoms with van der Waals surface area (Å²) in [6.45, 7) is 4.32. The monoisotopic (exact) mass is 213 g/mol. The second kappa shape index (κ2) is 5.07. The average molecular weight is 213 g/mol. The summed E-state index contributed by atoms with van der Waals surface area (Å²) in [5.74, 6) is 0.0431. The van der Waals surface area contributed by atoms with Crippen LogP contribution in [0, 0.1) is 5.92 Å². The van der Waals surface area contributed by atoms with Crippen LogP contribution in [0.5, 0.6) is 0 Å². The highest BCUT2D eigenvalue weighted by Gasteiger charge is 2.16. The van der Waals surface area contributed by atoms with Crippen molar-refractivity contribution < 1.29 is 4.79 Å². The number of amides is 1. The number of hydrogen-bond donors (Lipinski definition) is 2. The first-order valence-corrected chi connectivity index (χ1v) is 5.41. The molecule has 0 radical (unpaired) electrons. The molecule has 5 heteroatoms. The van der Waals surface area contributed by atoms with Crippen LogP contribution in [0.4, 0.5) is 0 Å². The van der Waals surface area contributed by atoms with Crippen LogP contribution < -0.4 is 11.1 Å². The van der Waals surface area contributed by atoms with E-state index in [4.69, 9.17) is 5.73 Å². The zero-order chi connectivity index (χ0) is 10.6. The molecule has 0 fully saturated rings. The molecule has 0 aliphatic carbocycles. The molecule has 78 valence electrons. The second-order valence-electron chi connectivity index (χ2n) is 3.41. The summed E-state index contributed by atoms with van der Waals surface area (Å²) in [4.78, 5) is 15.5. The van der Waals surface area contributed by atoms with E-state index in [1.54, 1.807) is 6.20 Å². The summed E-state index contributed by atoms with van der Waals surface area (Å²) in [5, 5.41) is 5.53. The second-order valence-corrected chi connectivity index (χ2v) is 4.39. The maximum absolute atomic E-state index is 11.4. The van der Waals surface area contributed by atoms with E-state index in [0.29, 0.717) is 6.54 Å². The van der Waals surface area contributed by atoms with Gasteiger partial charge >= 0.3 is 0 Å². The molecule has 1 aromatic heterocycles. The SMILES string of the molecule is CC(C)[C@@H](N)C(=O)NCc1nccs1. The minimum atomic E-state index is -0.435. The van der Waals surface area contributed by atoms with Crippen LogP contribution in [0.3, 0.4) is 0 Å². The summed E-state index contributed by atoms with van der Waals surface area (Å²) in [6, 6.07) is -0.435. The molecule has 1 aromatic rings. The molecule has 0 bridgehead atoms. The van der Waals surface area contributed by atoms with E-state index >= 15 is 0 Å². The molecule has 0 spiro atoms. The summed E-state index contributed by atoms with van der Waals surface area (Å²) in [6.07, 6.45) is 1.72. The lowest BCUT2D eigenvalue weighted by Gasteiger charge is -2.14. The first kappa shape index (κ1) is 11.1. The Morgan fingerprint density at radius 3 is 2.93 bits per heavy atom. The lowest BCUT2D eigenvalue weighted by molar-refractivity contribution is -0.123. The van der Waals surface area contributed by atoms with Crippen molar-refractivity contribution in [1.82, 2.24) is 10.3 Å². The van der Waals surface area contributed by atoms with Gasteiger partial charge in [0.25, 0.3) is 0 Å². The molecule has 0 aliphatic heterocycles. The van der Waals surface area contributed by atoms with Crippen molar-refractivity contribution in [2.24, 2.45) is 11.7 Å². The van der Waals surface area contributed by atoms with Gasteiger partial charge in [-0.15, -0.1) is 11.3 Å². The van der Waals surface area contributed by atoms with Crippen LogP contribution in [0.2, 0.25) is 0 Å². The Labute approximate surface area is 87.5 Å². The number of thiazole rings is 1. The van der Waals surface area contributed by atoms with Crippen molar-refractivity contribution in [3.63, 3.8) is 0 Å². The van der Waals surface area contributed by atoms with Crippen LogP contribution in [-0.2, 0) is 11.3 Å². The predicted molar refractivity (Wildman–Crippen MR) is 56.8 cm³/mol. The molecular formula is C9H15N3OS. The van der Waals surface area contributed by atoms with Gasteiger partial charge in [0.15, 0.2) is 0 Å². The van der Waals surface area contributed by atoms with Gasteiger partial charge in [-0.25, -0.2) is 4.98 Å². The minimum Gasteiger partial charge on any atom is -0.348 e. The molecule has 1 heterocycles. The van der Waals surface area contributed by atoms with E-state index in [1.165, 1.54) is 11.3 Å². The largest absolute Gasteiger partial charge is 0.348 e. The van der Waals surface area contributed by atoms with E-state index in [9.17, 15) is 4.79 Å². The van der Waals surface area contributed by atoms with Gasteiger partial charge in [0.2, 0.25) is 5.91 Å². The fourth-order valence-corrected chi connectivity index (χ4v) is 1.48. The molecule has 0 unspecified atom stereocenters. The van der Waals surface area contributed by atoms with Crippen molar-refractivity contribution in [2.45, 2.75) is 26.4 Å². The lowest BCUT2D eigenvalue weighted by atomic mass is 10.1. The number of nitrogens with two attached hydrogens (primary N) is 1. The Morgan fingerprint density at radius 1 is 1.71 bits per heavy atom. The molecule has 1 rings (SSSR count). The third kappa shape index (κ3) is 3.08. The van der Waals surface area contributed by atoms with E-state index in [1.807, 2.05) is 19.2 Å². The molecular weight excluding hydrogens is 198 g/mol.